The predicted molar refractivity (Wildman–Crippen MR) is 65.5 cm³/mol. The van der Waals surface area contributed by atoms with E-state index in [1.54, 1.807) is 6.07 Å². The zero-order chi connectivity index (χ0) is 11.5. The highest BCUT2D eigenvalue weighted by Crippen LogP contribution is 2.29. The summed E-state index contributed by atoms with van der Waals surface area (Å²) in [6.45, 7) is 6.57. The SMILES string of the molecule is COC(=O)c1cccc(PC(C)(C)C)c1. The average Bonchev–Trinajstić information content (AvgIpc) is 2.14. The van der Waals surface area contributed by atoms with Crippen molar-refractivity contribution in [3.8, 4) is 0 Å². The van der Waals surface area contributed by atoms with Crippen molar-refractivity contribution in [2.45, 2.75) is 25.9 Å². The molecular weight excluding hydrogens is 207 g/mol. The van der Waals surface area contributed by atoms with E-state index in [0.717, 1.165) is 0 Å². The van der Waals surface area contributed by atoms with Crippen molar-refractivity contribution >= 4 is 19.9 Å². The Balaban J connectivity index is 2.88. The van der Waals surface area contributed by atoms with Crippen LogP contribution in [-0.2, 0) is 4.74 Å². The number of hydrogen-bond acceptors (Lipinski definition) is 2. The average molecular weight is 224 g/mol. The molecule has 0 amide bonds. The number of esters is 1. The van der Waals surface area contributed by atoms with E-state index in [1.807, 2.05) is 12.1 Å². The highest BCUT2D eigenvalue weighted by molar-refractivity contribution is 7.48. The molecule has 3 heteroatoms. The molecule has 0 aromatic heterocycles. The normalized spacial score (nSPS) is 12.0. The molecular formula is C12H17O2P. The molecule has 2 nitrogen and oxygen atoms in total. The summed E-state index contributed by atoms with van der Waals surface area (Å²) in [5.74, 6) is -0.268. The van der Waals surface area contributed by atoms with E-state index in [9.17, 15) is 4.79 Å². The third kappa shape index (κ3) is 4.01. The molecule has 1 aromatic carbocycles. The smallest absolute Gasteiger partial charge is 0.337 e. The van der Waals surface area contributed by atoms with Crippen molar-refractivity contribution in [1.82, 2.24) is 0 Å². The van der Waals surface area contributed by atoms with Gasteiger partial charge in [0.25, 0.3) is 0 Å². The Morgan fingerprint density at radius 1 is 1.33 bits per heavy atom. The van der Waals surface area contributed by atoms with Crippen molar-refractivity contribution in [2.75, 3.05) is 7.11 Å². The minimum Gasteiger partial charge on any atom is -0.465 e. The molecule has 0 N–H and O–H groups in total. The number of carbonyl (C=O) groups is 1. The van der Waals surface area contributed by atoms with Crippen molar-refractivity contribution in [1.29, 1.82) is 0 Å². The van der Waals surface area contributed by atoms with Gasteiger partial charge in [0.15, 0.2) is 0 Å². The summed E-state index contributed by atoms with van der Waals surface area (Å²) < 4.78 is 4.69. The first-order chi connectivity index (χ1) is 6.92. The Morgan fingerprint density at radius 2 is 2.00 bits per heavy atom. The van der Waals surface area contributed by atoms with Crippen LogP contribution in [0.5, 0.6) is 0 Å². The van der Waals surface area contributed by atoms with E-state index in [1.165, 1.54) is 12.4 Å². The predicted octanol–water partition coefficient (Wildman–Crippen LogP) is 2.58. The second kappa shape index (κ2) is 4.76. The number of hydrogen-bond donors (Lipinski definition) is 0. The maximum Gasteiger partial charge on any atom is 0.337 e. The van der Waals surface area contributed by atoms with Crippen LogP contribution in [0, 0.1) is 0 Å². The first-order valence-corrected chi connectivity index (χ1v) is 5.89. The van der Waals surface area contributed by atoms with E-state index >= 15 is 0 Å². The maximum absolute atomic E-state index is 11.3. The van der Waals surface area contributed by atoms with Crippen molar-refractivity contribution in [2.24, 2.45) is 0 Å². The van der Waals surface area contributed by atoms with E-state index in [2.05, 4.69) is 31.6 Å². The van der Waals surface area contributed by atoms with E-state index in [4.69, 9.17) is 0 Å². The molecule has 0 radical (unpaired) electrons. The van der Waals surface area contributed by atoms with Crippen molar-refractivity contribution in [3.63, 3.8) is 0 Å². The molecule has 1 unspecified atom stereocenters. The minimum absolute atomic E-state index is 0.259. The Morgan fingerprint density at radius 3 is 2.53 bits per heavy atom. The first kappa shape index (κ1) is 12.2. The Hall–Kier alpha value is -0.880. The highest BCUT2D eigenvalue weighted by atomic mass is 31.1. The number of rotatable bonds is 2. The zero-order valence-electron chi connectivity index (χ0n) is 9.63. The zero-order valence-corrected chi connectivity index (χ0v) is 10.6. The molecule has 0 aliphatic rings. The van der Waals surface area contributed by atoms with Gasteiger partial charge in [0.2, 0.25) is 0 Å². The minimum atomic E-state index is -0.268. The quantitative estimate of drug-likeness (QED) is 0.570. The van der Waals surface area contributed by atoms with Gasteiger partial charge in [0, 0.05) is 0 Å². The van der Waals surface area contributed by atoms with Crippen LogP contribution in [-0.4, -0.2) is 18.2 Å². The molecule has 0 spiro atoms. The van der Waals surface area contributed by atoms with Gasteiger partial charge in [-0.15, -0.1) is 0 Å². The third-order valence-corrected chi connectivity index (χ3v) is 3.15. The van der Waals surface area contributed by atoms with Crippen molar-refractivity contribution in [3.05, 3.63) is 29.8 Å². The highest BCUT2D eigenvalue weighted by Gasteiger charge is 2.12. The number of carbonyl (C=O) groups excluding carboxylic acids is 1. The van der Waals surface area contributed by atoms with Gasteiger partial charge in [-0.25, -0.2) is 4.79 Å². The fraction of sp³-hybridized carbons (Fsp3) is 0.417. The number of benzene rings is 1. The lowest BCUT2D eigenvalue weighted by Crippen LogP contribution is -2.13. The monoisotopic (exact) mass is 224 g/mol. The molecule has 1 rings (SSSR count). The van der Waals surface area contributed by atoms with Gasteiger partial charge in [-0.05, 0) is 22.6 Å². The lowest BCUT2D eigenvalue weighted by molar-refractivity contribution is 0.0601. The largest absolute Gasteiger partial charge is 0.465 e. The van der Waals surface area contributed by atoms with Crippen LogP contribution in [0.1, 0.15) is 31.1 Å². The van der Waals surface area contributed by atoms with E-state index in [-0.39, 0.29) is 11.1 Å². The molecule has 0 fully saturated rings. The fourth-order valence-electron chi connectivity index (χ4n) is 1.27. The Kier molecular flexibility index (Phi) is 3.87. The van der Waals surface area contributed by atoms with Crippen molar-refractivity contribution < 1.29 is 9.53 Å². The molecule has 82 valence electrons. The summed E-state index contributed by atoms with van der Waals surface area (Å²) >= 11 is 0. The lowest BCUT2D eigenvalue weighted by atomic mass is 10.2. The van der Waals surface area contributed by atoms with Crippen LogP contribution in [0.25, 0.3) is 0 Å². The molecule has 0 bridgehead atoms. The summed E-state index contributed by atoms with van der Waals surface area (Å²) in [5, 5.41) is 1.46. The number of ether oxygens (including phenoxy) is 1. The second-order valence-electron chi connectivity index (χ2n) is 4.45. The van der Waals surface area contributed by atoms with Crippen LogP contribution in [0.2, 0.25) is 0 Å². The van der Waals surface area contributed by atoms with Crippen LogP contribution in [0.3, 0.4) is 0 Å². The van der Waals surface area contributed by atoms with Gasteiger partial charge in [-0.1, -0.05) is 41.5 Å². The topological polar surface area (TPSA) is 26.3 Å². The Bertz CT molecular complexity index is 353. The van der Waals surface area contributed by atoms with Gasteiger partial charge in [-0.2, -0.15) is 0 Å². The van der Waals surface area contributed by atoms with Gasteiger partial charge >= 0.3 is 5.97 Å². The lowest BCUT2D eigenvalue weighted by Gasteiger charge is -2.18. The molecule has 15 heavy (non-hydrogen) atoms. The molecule has 1 aromatic rings. The molecule has 0 aliphatic carbocycles. The van der Waals surface area contributed by atoms with Gasteiger partial charge in [0.05, 0.1) is 12.7 Å². The first-order valence-electron chi connectivity index (χ1n) is 4.89. The van der Waals surface area contributed by atoms with Gasteiger partial charge < -0.3 is 4.74 Å². The van der Waals surface area contributed by atoms with E-state index < -0.39 is 0 Å². The van der Waals surface area contributed by atoms with Crippen LogP contribution >= 0.6 is 8.58 Å². The molecule has 0 aliphatic heterocycles. The molecule has 1 atom stereocenters. The third-order valence-electron chi connectivity index (χ3n) is 1.80. The van der Waals surface area contributed by atoms with Crippen LogP contribution in [0.15, 0.2) is 24.3 Å². The second-order valence-corrected chi connectivity index (χ2v) is 6.77. The summed E-state index contributed by atoms with van der Waals surface area (Å²) in [6, 6.07) is 7.65. The van der Waals surface area contributed by atoms with Crippen LogP contribution < -0.4 is 5.30 Å². The summed E-state index contributed by atoms with van der Waals surface area (Å²) in [5.41, 5.74) is 0.631. The standard InChI is InChI=1S/C12H17O2P/c1-12(2,3)15-10-7-5-6-9(8-10)11(13)14-4/h5-8,15H,1-4H3. The Labute approximate surface area is 92.8 Å². The fourth-order valence-corrected chi connectivity index (χ4v) is 2.55. The van der Waals surface area contributed by atoms with Gasteiger partial charge in [0.1, 0.15) is 0 Å². The van der Waals surface area contributed by atoms with Gasteiger partial charge in [-0.3, -0.25) is 0 Å². The molecule has 0 heterocycles. The molecule has 0 saturated heterocycles. The van der Waals surface area contributed by atoms with E-state index in [0.29, 0.717) is 14.1 Å². The summed E-state index contributed by atoms with van der Waals surface area (Å²) in [6.07, 6.45) is 0. The number of methoxy groups -OCH3 is 1. The molecule has 0 saturated carbocycles. The van der Waals surface area contributed by atoms with Crippen LogP contribution in [0.4, 0.5) is 0 Å². The summed E-state index contributed by atoms with van der Waals surface area (Å²) in [4.78, 5) is 11.3. The summed E-state index contributed by atoms with van der Waals surface area (Å²) in [7, 11) is 2.10. The maximum atomic E-state index is 11.3.